The summed E-state index contributed by atoms with van der Waals surface area (Å²) in [6, 6.07) is 0. The molecule has 0 aliphatic carbocycles. The molecular weight excluding hydrogens is 760 g/mol. The zero-order valence-corrected chi connectivity index (χ0v) is 37.1. The monoisotopic (exact) mass is 832 g/mol. The molecule has 0 aromatic carbocycles. The molecule has 0 spiro atoms. The van der Waals surface area contributed by atoms with Gasteiger partial charge in [0.2, 0.25) is 0 Å². The summed E-state index contributed by atoms with van der Waals surface area (Å²) in [6.07, 6.45) is -12.4. The maximum atomic E-state index is 14.7. The van der Waals surface area contributed by atoms with Crippen LogP contribution in [0.15, 0.2) is 0 Å². The molecule has 16 heteroatoms. The smallest absolute Gasteiger partial charge is 0.311 e. The van der Waals surface area contributed by atoms with Crippen molar-refractivity contribution in [2.45, 2.75) is 188 Å². The fraction of sp³-hybridized carbons (Fsp3) is 0.905. The molecule has 0 aromatic rings. The Balaban J connectivity index is 2.28. The van der Waals surface area contributed by atoms with Crippen LogP contribution in [0, 0.1) is 41.4 Å². The van der Waals surface area contributed by atoms with Gasteiger partial charge >= 0.3 is 17.9 Å². The van der Waals surface area contributed by atoms with Gasteiger partial charge in [-0.05, 0) is 47.0 Å². The van der Waals surface area contributed by atoms with Crippen molar-refractivity contribution in [3.05, 3.63) is 0 Å². The molecule has 0 saturated carbocycles. The molecule has 0 radical (unpaired) electrons. The van der Waals surface area contributed by atoms with Crippen LogP contribution in [0.4, 0.5) is 0 Å². The first-order valence-corrected chi connectivity index (χ1v) is 20.7. The van der Waals surface area contributed by atoms with E-state index in [1.54, 1.807) is 62.3 Å². The van der Waals surface area contributed by atoms with E-state index in [1.807, 2.05) is 13.8 Å². The Morgan fingerprint density at radius 1 is 0.759 bits per heavy atom. The molecule has 3 aliphatic rings. The van der Waals surface area contributed by atoms with E-state index >= 15 is 0 Å². The molecule has 3 saturated heterocycles. The Morgan fingerprint density at radius 3 is 1.84 bits per heavy atom. The zero-order chi connectivity index (χ0) is 44.1. The topological polar surface area (TPSA) is 212 Å². The Labute approximate surface area is 344 Å². The van der Waals surface area contributed by atoms with Gasteiger partial charge in [-0.2, -0.15) is 0 Å². The number of hydrogen-bond acceptors (Lipinski definition) is 16. The molecule has 336 valence electrons. The number of aliphatic hydroxyl groups is 3. The van der Waals surface area contributed by atoms with Gasteiger partial charge in [0, 0.05) is 58.2 Å². The van der Waals surface area contributed by atoms with Crippen molar-refractivity contribution in [3.63, 3.8) is 0 Å². The highest BCUT2D eigenvalue weighted by atomic mass is 16.7. The molecular formula is C42H72O16. The lowest BCUT2D eigenvalue weighted by atomic mass is 9.73. The number of hydrogen-bond donors (Lipinski definition) is 3. The highest BCUT2D eigenvalue weighted by Crippen LogP contribution is 2.41. The van der Waals surface area contributed by atoms with Crippen molar-refractivity contribution >= 4 is 23.7 Å². The lowest BCUT2D eigenvalue weighted by molar-refractivity contribution is -0.319. The van der Waals surface area contributed by atoms with Crippen LogP contribution >= 0.6 is 0 Å². The van der Waals surface area contributed by atoms with Crippen molar-refractivity contribution in [1.29, 1.82) is 0 Å². The van der Waals surface area contributed by atoms with Gasteiger partial charge < -0.3 is 58.0 Å². The lowest BCUT2D eigenvalue weighted by Gasteiger charge is -2.47. The first-order chi connectivity index (χ1) is 26.9. The van der Waals surface area contributed by atoms with Gasteiger partial charge in [-0.1, -0.05) is 41.5 Å². The number of rotatable bonds is 10. The van der Waals surface area contributed by atoms with E-state index in [9.17, 15) is 34.5 Å². The van der Waals surface area contributed by atoms with Gasteiger partial charge in [0.05, 0.1) is 48.5 Å². The largest absolute Gasteiger partial charge is 0.461 e. The Kier molecular flexibility index (Phi) is 18.1. The third kappa shape index (κ3) is 11.5. The third-order valence-corrected chi connectivity index (χ3v) is 12.8. The third-order valence-electron chi connectivity index (χ3n) is 12.8. The summed E-state index contributed by atoms with van der Waals surface area (Å²) in [4.78, 5) is 53.8. The normalized spacial score (nSPS) is 44.7. The highest BCUT2D eigenvalue weighted by Gasteiger charge is 2.52. The van der Waals surface area contributed by atoms with Crippen LogP contribution in [0.2, 0.25) is 0 Å². The van der Waals surface area contributed by atoms with Crippen LogP contribution in [0.1, 0.15) is 103 Å². The molecule has 3 N–H and O–H groups in total. The van der Waals surface area contributed by atoms with Gasteiger partial charge in [-0.25, -0.2) is 0 Å². The predicted molar refractivity (Wildman–Crippen MR) is 208 cm³/mol. The predicted octanol–water partition coefficient (Wildman–Crippen LogP) is 3.36. The van der Waals surface area contributed by atoms with Gasteiger partial charge in [-0.15, -0.1) is 0 Å². The van der Waals surface area contributed by atoms with Crippen molar-refractivity contribution in [3.8, 4) is 0 Å². The second kappa shape index (κ2) is 21.0. The molecule has 3 rings (SSSR count). The average molecular weight is 833 g/mol. The summed E-state index contributed by atoms with van der Waals surface area (Å²) < 4.78 is 55.5. The Bertz CT molecular complexity index is 1380. The number of esters is 3. The summed E-state index contributed by atoms with van der Waals surface area (Å²) >= 11 is 0. The molecule has 0 amide bonds. The minimum absolute atomic E-state index is 0.0752. The molecule has 3 heterocycles. The fourth-order valence-electron chi connectivity index (χ4n) is 9.20. The molecule has 3 aliphatic heterocycles. The number of carbonyl (C=O) groups excluding carboxylic acids is 4. The van der Waals surface area contributed by atoms with E-state index in [2.05, 4.69) is 0 Å². The summed E-state index contributed by atoms with van der Waals surface area (Å²) in [5.41, 5.74) is -1.47. The van der Waals surface area contributed by atoms with E-state index in [0.717, 1.165) is 0 Å². The van der Waals surface area contributed by atoms with Crippen molar-refractivity contribution in [2.75, 3.05) is 14.2 Å². The van der Waals surface area contributed by atoms with Crippen molar-refractivity contribution in [1.82, 2.24) is 0 Å². The van der Waals surface area contributed by atoms with Crippen LogP contribution in [-0.2, 0) is 61.8 Å². The minimum Gasteiger partial charge on any atom is -0.461 e. The van der Waals surface area contributed by atoms with E-state index in [4.69, 9.17) is 42.6 Å². The van der Waals surface area contributed by atoms with E-state index in [-0.39, 0.29) is 24.5 Å². The molecule has 0 bridgehead atoms. The SMILES string of the molecule is CO[C@@H]1[C@H](O[C@H]2[C@@H](C)[C@@H](O[C@@H]3O[C@H](C)C[C@H](O)[C@@H]3O)[C@@H](C)C(=O)O[C@@H]([C@H](C)[C@H](C)O)[C@@H](C)[C@@H](OC(C)=O)[C@@H](C)C(=O)[C@@](C)(OC)C[C@H]2C)O[C@H](C)[C@H](OC(C)=O)[C@H]1C. The Morgan fingerprint density at radius 2 is 1.31 bits per heavy atom. The second-order valence-electron chi connectivity index (χ2n) is 17.5. The number of aliphatic hydroxyl groups excluding tert-OH is 3. The number of methoxy groups -OCH3 is 2. The van der Waals surface area contributed by atoms with Crippen LogP contribution in [-0.4, -0.2) is 139 Å². The molecule has 16 nitrogen and oxygen atoms in total. The maximum Gasteiger partial charge on any atom is 0.311 e. The number of ketones is 1. The number of carbonyl (C=O) groups is 4. The fourth-order valence-corrected chi connectivity index (χ4v) is 9.20. The standard InChI is InChI=1S/C42H72O16/c1-18-17-42(13,51-15)38(48)24(7)34(54-28(11)44)22(5)33(20(3)26(9)43)56-39(49)25(8)35(58-40-31(47)30(46)16-19(2)52-40)21(4)32(18)57-41-37(50-14)23(6)36(27(10)53-41)55-29(12)45/h18-27,30-37,40-41,43,46-47H,16-17H2,1-15H3/t18-,19-,20-,21-,22-,23-,24-,25-,26+,27-,30+,31+,32-,33+,34-,35-,36-,37+,40+,41+,42+/m1/s1. The zero-order valence-electron chi connectivity index (χ0n) is 37.1. The number of ether oxygens (including phenoxy) is 9. The number of cyclic esters (lactones) is 1. The average Bonchev–Trinajstić information content (AvgIpc) is 3.14. The first-order valence-electron chi connectivity index (χ1n) is 20.7. The van der Waals surface area contributed by atoms with Crippen LogP contribution in [0.25, 0.3) is 0 Å². The van der Waals surface area contributed by atoms with Gasteiger partial charge in [0.1, 0.15) is 36.1 Å². The van der Waals surface area contributed by atoms with Gasteiger partial charge in [0.25, 0.3) is 0 Å². The molecule has 3 fully saturated rings. The quantitative estimate of drug-likeness (QED) is 0.213. The molecule has 58 heavy (non-hydrogen) atoms. The van der Waals surface area contributed by atoms with Gasteiger partial charge in [0.15, 0.2) is 18.4 Å². The van der Waals surface area contributed by atoms with Gasteiger partial charge in [-0.3, -0.25) is 19.2 Å². The van der Waals surface area contributed by atoms with E-state index in [0.29, 0.717) is 0 Å². The van der Waals surface area contributed by atoms with E-state index < -0.39 is 139 Å². The second-order valence-corrected chi connectivity index (χ2v) is 17.5. The van der Waals surface area contributed by atoms with Crippen LogP contribution < -0.4 is 0 Å². The first kappa shape index (κ1) is 50.1. The van der Waals surface area contributed by atoms with Crippen LogP contribution in [0.5, 0.6) is 0 Å². The maximum absolute atomic E-state index is 14.7. The van der Waals surface area contributed by atoms with E-state index in [1.165, 1.54) is 28.1 Å². The minimum atomic E-state index is -1.47. The molecule has 0 aromatic heterocycles. The summed E-state index contributed by atoms with van der Waals surface area (Å²) in [6.45, 7) is 21.5. The number of Topliss-reactive ketones (excluding diaryl/α,β-unsaturated/α-hetero) is 1. The van der Waals surface area contributed by atoms with Crippen LogP contribution in [0.3, 0.4) is 0 Å². The van der Waals surface area contributed by atoms with Crippen molar-refractivity contribution < 1.29 is 77.1 Å². The summed E-state index contributed by atoms with van der Waals surface area (Å²) in [7, 11) is 2.92. The summed E-state index contributed by atoms with van der Waals surface area (Å²) in [5.74, 6) is -7.45. The highest BCUT2D eigenvalue weighted by molar-refractivity contribution is 5.89. The van der Waals surface area contributed by atoms with Crippen molar-refractivity contribution in [2.24, 2.45) is 41.4 Å². The molecule has 21 atom stereocenters. The Hall–Kier alpha value is -2.28. The molecule has 0 unspecified atom stereocenters. The lowest BCUT2D eigenvalue weighted by Crippen LogP contribution is -2.58. The summed E-state index contributed by atoms with van der Waals surface area (Å²) in [5, 5.41) is 32.7.